The molecule has 2 aromatic rings. The van der Waals surface area contributed by atoms with Gasteiger partial charge in [0.15, 0.2) is 11.5 Å². The van der Waals surface area contributed by atoms with Gasteiger partial charge in [0.25, 0.3) is 0 Å². The third-order valence-electron chi connectivity index (χ3n) is 3.55. The molecule has 3 rings (SSSR count). The van der Waals surface area contributed by atoms with E-state index in [1.807, 2.05) is 18.2 Å². The first-order valence-electron chi connectivity index (χ1n) is 7.65. The molecule has 0 atom stereocenters. The molecule has 25 heavy (non-hydrogen) atoms. The number of ether oxygens (including phenoxy) is 2. The van der Waals surface area contributed by atoms with Crippen LogP contribution in [0.15, 0.2) is 42.5 Å². The van der Waals surface area contributed by atoms with Crippen molar-refractivity contribution in [3.63, 3.8) is 0 Å². The number of amides is 1. The molecule has 7 nitrogen and oxygen atoms in total. The van der Waals surface area contributed by atoms with Gasteiger partial charge in [0, 0.05) is 17.8 Å². The van der Waals surface area contributed by atoms with Crippen molar-refractivity contribution in [2.24, 2.45) is 0 Å². The average molecular weight is 362 g/mol. The van der Waals surface area contributed by atoms with E-state index in [9.17, 15) is 13.2 Å². The van der Waals surface area contributed by atoms with E-state index in [0.717, 1.165) is 17.6 Å². The summed E-state index contributed by atoms with van der Waals surface area (Å²) in [7, 11) is -3.31. The van der Waals surface area contributed by atoms with Gasteiger partial charge in [0.2, 0.25) is 22.7 Å². The van der Waals surface area contributed by atoms with Crippen molar-refractivity contribution in [1.82, 2.24) is 0 Å². The number of benzene rings is 2. The van der Waals surface area contributed by atoms with Gasteiger partial charge >= 0.3 is 0 Å². The van der Waals surface area contributed by atoms with Crippen molar-refractivity contribution in [2.75, 3.05) is 23.1 Å². The molecule has 0 aliphatic carbocycles. The van der Waals surface area contributed by atoms with Gasteiger partial charge in [-0.25, -0.2) is 8.42 Å². The normalized spacial score (nSPS) is 12.7. The number of rotatable bonds is 6. The number of aryl methyl sites for hydroxylation is 1. The first-order chi connectivity index (χ1) is 11.9. The summed E-state index contributed by atoms with van der Waals surface area (Å²) in [5, 5.41) is 2.78. The molecule has 0 spiro atoms. The molecule has 1 aliphatic heterocycles. The molecule has 1 amide bonds. The van der Waals surface area contributed by atoms with Gasteiger partial charge in [0.1, 0.15) is 0 Å². The molecule has 8 heteroatoms. The zero-order valence-electron chi connectivity index (χ0n) is 13.6. The second-order valence-corrected chi connectivity index (χ2v) is 7.44. The summed E-state index contributed by atoms with van der Waals surface area (Å²) in [4.78, 5) is 12.1. The number of anilines is 2. The van der Waals surface area contributed by atoms with E-state index in [-0.39, 0.29) is 12.7 Å². The lowest BCUT2D eigenvalue weighted by Crippen LogP contribution is -2.13. The molecule has 0 aromatic heterocycles. The predicted octanol–water partition coefficient (Wildman–Crippen LogP) is 2.36. The van der Waals surface area contributed by atoms with Crippen LogP contribution in [0.3, 0.4) is 0 Å². The van der Waals surface area contributed by atoms with E-state index in [1.165, 1.54) is 0 Å². The molecule has 0 saturated carbocycles. The van der Waals surface area contributed by atoms with Crippen molar-refractivity contribution < 1.29 is 22.7 Å². The Morgan fingerprint density at radius 1 is 1.04 bits per heavy atom. The van der Waals surface area contributed by atoms with E-state index in [1.54, 1.807) is 24.3 Å². The summed E-state index contributed by atoms with van der Waals surface area (Å²) in [5.74, 6) is 1.30. The Morgan fingerprint density at radius 3 is 2.44 bits per heavy atom. The number of fused-ring (bicyclic) bond motifs is 1. The number of nitrogens with one attached hydrogen (secondary N) is 2. The molecular weight excluding hydrogens is 344 g/mol. The van der Waals surface area contributed by atoms with Crippen molar-refractivity contribution >= 4 is 27.3 Å². The Bertz CT molecular complexity index is 878. The lowest BCUT2D eigenvalue weighted by Gasteiger charge is -2.08. The minimum atomic E-state index is -3.31. The molecule has 0 unspecified atom stereocenters. The van der Waals surface area contributed by atoms with Crippen LogP contribution >= 0.6 is 0 Å². The van der Waals surface area contributed by atoms with Crippen LogP contribution in [0.5, 0.6) is 11.5 Å². The highest BCUT2D eigenvalue weighted by Crippen LogP contribution is 2.32. The Balaban J connectivity index is 1.52. The fraction of sp³-hybridized carbons (Fsp3) is 0.235. The van der Waals surface area contributed by atoms with E-state index >= 15 is 0 Å². The molecule has 0 saturated heterocycles. The molecule has 0 radical (unpaired) electrons. The topological polar surface area (TPSA) is 93.7 Å². The van der Waals surface area contributed by atoms with Gasteiger partial charge in [-0.2, -0.15) is 0 Å². The Hall–Kier alpha value is -2.74. The summed E-state index contributed by atoms with van der Waals surface area (Å²) in [6.45, 7) is 0.226. The molecule has 0 fully saturated rings. The third kappa shape index (κ3) is 4.87. The maximum Gasteiger partial charge on any atom is 0.231 e. The van der Waals surface area contributed by atoms with Crippen molar-refractivity contribution in [1.29, 1.82) is 0 Å². The van der Waals surface area contributed by atoms with E-state index < -0.39 is 10.0 Å². The third-order valence-corrected chi connectivity index (χ3v) is 4.16. The second-order valence-electron chi connectivity index (χ2n) is 5.69. The van der Waals surface area contributed by atoms with Crippen LogP contribution in [0.4, 0.5) is 11.4 Å². The van der Waals surface area contributed by atoms with Crippen LogP contribution in [-0.2, 0) is 21.2 Å². The number of carbonyl (C=O) groups is 1. The zero-order valence-corrected chi connectivity index (χ0v) is 14.4. The minimum Gasteiger partial charge on any atom is -0.454 e. The van der Waals surface area contributed by atoms with Gasteiger partial charge in [-0.15, -0.1) is 0 Å². The first kappa shape index (κ1) is 17.1. The molecule has 0 bridgehead atoms. The number of carbonyl (C=O) groups excluding carboxylic acids is 1. The summed E-state index contributed by atoms with van der Waals surface area (Å²) >= 11 is 0. The second kappa shape index (κ2) is 7.02. The highest BCUT2D eigenvalue weighted by atomic mass is 32.2. The molecule has 132 valence electrons. The largest absolute Gasteiger partial charge is 0.454 e. The Morgan fingerprint density at radius 2 is 1.72 bits per heavy atom. The average Bonchev–Trinajstić information content (AvgIpc) is 3.01. The molecule has 2 N–H and O–H groups in total. The number of hydrogen-bond donors (Lipinski definition) is 2. The van der Waals surface area contributed by atoms with E-state index in [0.29, 0.717) is 30.0 Å². The van der Waals surface area contributed by atoms with Gasteiger partial charge < -0.3 is 14.8 Å². The fourth-order valence-corrected chi connectivity index (χ4v) is 2.98. The summed E-state index contributed by atoms with van der Waals surface area (Å²) in [6.07, 6.45) is 1.98. The van der Waals surface area contributed by atoms with Crippen LogP contribution < -0.4 is 19.5 Å². The van der Waals surface area contributed by atoms with Crippen molar-refractivity contribution in [2.45, 2.75) is 12.8 Å². The van der Waals surface area contributed by atoms with E-state index in [4.69, 9.17) is 9.47 Å². The summed E-state index contributed by atoms with van der Waals surface area (Å²) < 4.78 is 35.2. The highest BCUT2D eigenvalue weighted by molar-refractivity contribution is 7.92. The van der Waals surface area contributed by atoms with Gasteiger partial charge in [-0.3, -0.25) is 9.52 Å². The van der Waals surface area contributed by atoms with Crippen LogP contribution in [-0.4, -0.2) is 27.4 Å². The first-order valence-corrected chi connectivity index (χ1v) is 9.54. The summed E-state index contributed by atoms with van der Waals surface area (Å²) in [5.41, 5.74) is 2.04. The number of hydrogen-bond acceptors (Lipinski definition) is 5. The van der Waals surface area contributed by atoms with Crippen molar-refractivity contribution in [3.05, 3.63) is 48.0 Å². The fourth-order valence-electron chi connectivity index (χ4n) is 2.41. The van der Waals surface area contributed by atoms with Crippen LogP contribution in [0.25, 0.3) is 0 Å². The predicted molar refractivity (Wildman–Crippen MR) is 94.4 cm³/mol. The molecular formula is C17H18N2O5S. The van der Waals surface area contributed by atoms with Gasteiger partial charge in [0.05, 0.1) is 6.26 Å². The van der Waals surface area contributed by atoms with Gasteiger partial charge in [-0.05, 0) is 48.4 Å². The maximum absolute atomic E-state index is 12.1. The standard InChI is InChI=1S/C17H18N2O5S/c1-25(21,22)19-14-6-4-13(5-7-14)18-17(20)9-3-12-2-8-15-16(10-12)24-11-23-15/h2,4-8,10,19H,3,9,11H2,1H3,(H,18,20). The minimum absolute atomic E-state index is 0.124. The molecule has 1 aliphatic rings. The maximum atomic E-state index is 12.1. The lowest BCUT2D eigenvalue weighted by molar-refractivity contribution is -0.116. The van der Waals surface area contributed by atoms with Crippen LogP contribution in [0.2, 0.25) is 0 Å². The van der Waals surface area contributed by atoms with Gasteiger partial charge in [-0.1, -0.05) is 6.07 Å². The highest BCUT2D eigenvalue weighted by Gasteiger charge is 2.13. The molecule has 1 heterocycles. The summed E-state index contributed by atoms with van der Waals surface area (Å²) in [6, 6.07) is 12.1. The Kier molecular flexibility index (Phi) is 4.80. The van der Waals surface area contributed by atoms with Crippen LogP contribution in [0, 0.1) is 0 Å². The smallest absolute Gasteiger partial charge is 0.231 e. The van der Waals surface area contributed by atoms with Crippen molar-refractivity contribution in [3.8, 4) is 11.5 Å². The lowest BCUT2D eigenvalue weighted by atomic mass is 10.1. The van der Waals surface area contributed by atoms with E-state index in [2.05, 4.69) is 10.0 Å². The monoisotopic (exact) mass is 362 g/mol. The molecule has 2 aromatic carbocycles. The zero-order chi connectivity index (χ0) is 17.9. The SMILES string of the molecule is CS(=O)(=O)Nc1ccc(NC(=O)CCc2ccc3c(c2)OCO3)cc1. The number of sulfonamides is 1. The quantitative estimate of drug-likeness (QED) is 0.823. The van der Waals surface area contributed by atoms with Crippen LogP contribution in [0.1, 0.15) is 12.0 Å². The Labute approximate surface area is 146 Å².